The Labute approximate surface area is 129 Å². The van der Waals surface area contributed by atoms with E-state index in [-0.39, 0.29) is 6.61 Å². The molecular formula is C19H16O3. The summed E-state index contributed by atoms with van der Waals surface area (Å²) in [5, 5.41) is 9.70. The summed E-state index contributed by atoms with van der Waals surface area (Å²) in [6, 6.07) is 24.4. The van der Waals surface area contributed by atoms with Crippen LogP contribution in [0.3, 0.4) is 0 Å². The first-order chi connectivity index (χ1) is 10.9. The first-order valence-corrected chi connectivity index (χ1v) is 7.05. The Balaban J connectivity index is 1.90. The summed E-state index contributed by atoms with van der Waals surface area (Å²) >= 11 is 0. The van der Waals surface area contributed by atoms with Crippen molar-refractivity contribution in [3.8, 4) is 23.0 Å². The van der Waals surface area contributed by atoms with Gasteiger partial charge < -0.3 is 14.6 Å². The van der Waals surface area contributed by atoms with E-state index in [2.05, 4.69) is 0 Å². The fourth-order valence-electron chi connectivity index (χ4n) is 2.12. The predicted molar refractivity (Wildman–Crippen MR) is 85.4 cm³/mol. The molecule has 0 heterocycles. The van der Waals surface area contributed by atoms with Crippen molar-refractivity contribution in [1.29, 1.82) is 0 Å². The average molecular weight is 292 g/mol. The summed E-state index contributed by atoms with van der Waals surface area (Å²) in [6.07, 6.45) is 0. The molecule has 0 aliphatic carbocycles. The number of hydrogen-bond acceptors (Lipinski definition) is 3. The maximum atomic E-state index is 9.70. The van der Waals surface area contributed by atoms with E-state index in [9.17, 15) is 5.11 Å². The largest absolute Gasteiger partial charge is 0.457 e. The Bertz CT molecular complexity index is 664. The maximum Gasteiger partial charge on any atom is 0.136 e. The van der Waals surface area contributed by atoms with Crippen LogP contribution in [0.1, 0.15) is 5.56 Å². The zero-order valence-corrected chi connectivity index (χ0v) is 12.0. The second kappa shape index (κ2) is 6.78. The van der Waals surface area contributed by atoms with Crippen LogP contribution in [0.25, 0.3) is 0 Å². The van der Waals surface area contributed by atoms with E-state index in [0.717, 1.165) is 0 Å². The fourth-order valence-corrected chi connectivity index (χ4v) is 2.12. The molecule has 0 aliphatic heterocycles. The van der Waals surface area contributed by atoms with Gasteiger partial charge in [0.05, 0.1) is 12.2 Å². The van der Waals surface area contributed by atoms with Crippen LogP contribution in [0, 0.1) is 0 Å². The highest BCUT2D eigenvalue weighted by atomic mass is 16.5. The van der Waals surface area contributed by atoms with Crippen molar-refractivity contribution in [1.82, 2.24) is 0 Å². The first kappa shape index (κ1) is 14.2. The maximum absolute atomic E-state index is 9.70. The van der Waals surface area contributed by atoms with Crippen LogP contribution in [0.2, 0.25) is 0 Å². The Hall–Kier alpha value is -2.78. The monoisotopic (exact) mass is 292 g/mol. The Morgan fingerprint density at radius 2 is 1.05 bits per heavy atom. The number of aliphatic hydroxyl groups is 1. The van der Waals surface area contributed by atoms with E-state index in [1.807, 2.05) is 78.9 Å². The summed E-state index contributed by atoms with van der Waals surface area (Å²) in [6.45, 7) is -0.162. The SMILES string of the molecule is OCc1c(Oc2ccccc2)cccc1Oc1ccccc1. The molecule has 0 unspecified atom stereocenters. The second-order valence-corrected chi connectivity index (χ2v) is 4.72. The van der Waals surface area contributed by atoms with Crippen LogP contribution in [-0.4, -0.2) is 5.11 Å². The van der Waals surface area contributed by atoms with Gasteiger partial charge >= 0.3 is 0 Å². The average Bonchev–Trinajstić information content (AvgIpc) is 2.57. The fraction of sp³-hybridized carbons (Fsp3) is 0.0526. The number of hydrogen-bond donors (Lipinski definition) is 1. The van der Waals surface area contributed by atoms with Crippen LogP contribution in [-0.2, 0) is 6.61 Å². The van der Waals surface area contributed by atoms with Gasteiger partial charge in [-0.25, -0.2) is 0 Å². The van der Waals surface area contributed by atoms with Crippen molar-refractivity contribution in [2.45, 2.75) is 6.61 Å². The second-order valence-electron chi connectivity index (χ2n) is 4.72. The molecule has 0 fully saturated rings. The highest BCUT2D eigenvalue weighted by molar-refractivity contribution is 5.48. The molecule has 0 atom stereocenters. The minimum atomic E-state index is -0.162. The van der Waals surface area contributed by atoms with Gasteiger partial charge in [0.2, 0.25) is 0 Å². The standard InChI is InChI=1S/C19H16O3/c20-14-17-18(21-15-8-3-1-4-9-15)12-7-13-19(17)22-16-10-5-2-6-11-16/h1-13,20H,14H2. The molecule has 0 amide bonds. The van der Waals surface area contributed by atoms with Crippen molar-refractivity contribution >= 4 is 0 Å². The zero-order valence-electron chi connectivity index (χ0n) is 12.0. The molecule has 0 aromatic heterocycles. The number of benzene rings is 3. The normalized spacial score (nSPS) is 10.2. The van der Waals surface area contributed by atoms with Gasteiger partial charge in [-0.15, -0.1) is 0 Å². The highest BCUT2D eigenvalue weighted by Gasteiger charge is 2.11. The first-order valence-electron chi connectivity index (χ1n) is 7.05. The summed E-state index contributed by atoms with van der Waals surface area (Å²) < 4.78 is 11.7. The summed E-state index contributed by atoms with van der Waals surface area (Å²) in [5.41, 5.74) is 0.621. The van der Waals surface area contributed by atoms with Crippen LogP contribution in [0.5, 0.6) is 23.0 Å². The van der Waals surface area contributed by atoms with Crippen LogP contribution in [0.15, 0.2) is 78.9 Å². The Morgan fingerprint density at radius 1 is 0.591 bits per heavy atom. The molecule has 1 N–H and O–H groups in total. The number of rotatable bonds is 5. The predicted octanol–water partition coefficient (Wildman–Crippen LogP) is 4.76. The molecular weight excluding hydrogens is 276 g/mol. The third-order valence-electron chi connectivity index (χ3n) is 3.19. The van der Waals surface area contributed by atoms with Gasteiger partial charge in [0.15, 0.2) is 0 Å². The highest BCUT2D eigenvalue weighted by Crippen LogP contribution is 2.34. The van der Waals surface area contributed by atoms with Crippen molar-refractivity contribution in [3.63, 3.8) is 0 Å². The van der Waals surface area contributed by atoms with Crippen LogP contribution < -0.4 is 9.47 Å². The summed E-state index contributed by atoms with van der Waals surface area (Å²) in [5.74, 6) is 2.60. The third kappa shape index (κ3) is 3.27. The number of aliphatic hydroxyl groups excluding tert-OH is 1. The van der Waals surface area contributed by atoms with E-state index in [1.165, 1.54) is 0 Å². The number of ether oxygens (including phenoxy) is 2. The topological polar surface area (TPSA) is 38.7 Å². The molecule has 3 aromatic carbocycles. The Kier molecular flexibility index (Phi) is 4.37. The lowest BCUT2D eigenvalue weighted by Crippen LogP contribution is -1.96. The van der Waals surface area contributed by atoms with E-state index in [0.29, 0.717) is 28.6 Å². The molecule has 3 heteroatoms. The molecule has 0 radical (unpaired) electrons. The van der Waals surface area contributed by atoms with Crippen LogP contribution >= 0.6 is 0 Å². The van der Waals surface area contributed by atoms with Crippen molar-refractivity contribution < 1.29 is 14.6 Å². The molecule has 3 rings (SSSR count). The van der Waals surface area contributed by atoms with Gasteiger partial charge in [-0.3, -0.25) is 0 Å². The molecule has 3 nitrogen and oxygen atoms in total. The molecule has 0 aliphatic rings. The summed E-state index contributed by atoms with van der Waals surface area (Å²) in [4.78, 5) is 0. The zero-order chi connectivity index (χ0) is 15.2. The molecule has 0 saturated heterocycles. The lowest BCUT2D eigenvalue weighted by Gasteiger charge is -2.14. The molecule has 0 saturated carbocycles. The van der Waals surface area contributed by atoms with Gasteiger partial charge in [-0.2, -0.15) is 0 Å². The van der Waals surface area contributed by atoms with E-state index < -0.39 is 0 Å². The summed E-state index contributed by atoms with van der Waals surface area (Å²) in [7, 11) is 0. The van der Waals surface area contributed by atoms with Gasteiger partial charge in [0, 0.05) is 0 Å². The smallest absolute Gasteiger partial charge is 0.136 e. The lowest BCUT2D eigenvalue weighted by molar-refractivity contribution is 0.271. The third-order valence-corrected chi connectivity index (χ3v) is 3.19. The molecule has 0 spiro atoms. The number of para-hydroxylation sites is 2. The Morgan fingerprint density at radius 3 is 1.45 bits per heavy atom. The minimum absolute atomic E-state index is 0.162. The van der Waals surface area contributed by atoms with Gasteiger partial charge in [0.25, 0.3) is 0 Å². The van der Waals surface area contributed by atoms with Gasteiger partial charge in [0.1, 0.15) is 23.0 Å². The van der Waals surface area contributed by atoms with E-state index >= 15 is 0 Å². The van der Waals surface area contributed by atoms with Gasteiger partial charge in [-0.05, 0) is 36.4 Å². The van der Waals surface area contributed by atoms with Crippen molar-refractivity contribution in [2.75, 3.05) is 0 Å². The molecule has 0 bridgehead atoms. The minimum Gasteiger partial charge on any atom is -0.457 e. The van der Waals surface area contributed by atoms with E-state index in [4.69, 9.17) is 9.47 Å². The molecule has 110 valence electrons. The van der Waals surface area contributed by atoms with Crippen molar-refractivity contribution in [3.05, 3.63) is 84.4 Å². The van der Waals surface area contributed by atoms with Gasteiger partial charge in [-0.1, -0.05) is 42.5 Å². The molecule has 22 heavy (non-hydrogen) atoms. The molecule has 3 aromatic rings. The lowest BCUT2D eigenvalue weighted by atomic mass is 10.2. The van der Waals surface area contributed by atoms with E-state index in [1.54, 1.807) is 0 Å². The van der Waals surface area contributed by atoms with Crippen molar-refractivity contribution in [2.24, 2.45) is 0 Å². The van der Waals surface area contributed by atoms with Crippen LogP contribution in [0.4, 0.5) is 0 Å². The quantitative estimate of drug-likeness (QED) is 0.736.